The van der Waals surface area contributed by atoms with Crippen molar-refractivity contribution in [3.63, 3.8) is 0 Å². The van der Waals surface area contributed by atoms with Crippen molar-refractivity contribution in [3.05, 3.63) is 30.2 Å². The van der Waals surface area contributed by atoms with Crippen LogP contribution in [0.3, 0.4) is 0 Å². The summed E-state index contributed by atoms with van der Waals surface area (Å²) >= 11 is 0. The van der Waals surface area contributed by atoms with Crippen molar-refractivity contribution in [1.82, 2.24) is 0 Å². The summed E-state index contributed by atoms with van der Waals surface area (Å²) in [6.07, 6.45) is 7.74. The van der Waals surface area contributed by atoms with Crippen molar-refractivity contribution in [1.29, 1.82) is 0 Å². The maximum Gasteiger partial charge on any atom is -0.0288 e. The molecular weight excluding hydrogens is 132 g/mol. The van der Waals surface area contributed by atoms with Crippen molar-refractivity contribution >= 4 is 0 Å². The van der Waals surface area contributed by atoms with Crippen molar-refractivity contribution in [2.75, 3.05) is 0 Å². The lowest BCUT2D eigenvalue weighted by Crippen LogP contribution is -1.76. The predicted molar refractivity (Wildman–Crippen MR) is 52.4 cm³/mol. The number of allylic oxidation sites excluding steroid dienone is 4. The highest BCUT2D eigenvalue weighted by Crippen LogP contribution is 2.06. The van der Waals surface area contributed by atoms with E-state index >= 15 is 0 Å². The van der Waals surface area contributed by atoms with Crippen LogP contribution in [0.1, 0.15) is 40.0 Å². The summed E-state index contributed by atoms with van der Waals surface area (Å²) in [5.41, 5.74) is 2.87. The van der Waals surface area contributed by atoms with E-state index in [0.29, 0.717) is 0 Å². The van der Waals surface area contributed by atoms with Crippen LogP contribution < -0.4 is 0 Å². The van der Waals surface area contributed by atoms with Crippen LogP contribution in [0.5, 0.6) is 0 Å². The molecule has 0 aromatic carbocycles. The van der Waals surface area contributed by atoms with Gasteiger partial charge in [-0.2, -0.15) is 0 Å². The molecule has 0 aromatic rings. The fraction of sp³-hybridized carbons (Fsp3) is 0.545. The Labute approximate surface area is 71.0 Å². The number of rotatable bonds is 4. The monoisotopic (exact) mass is 151 g/mol. The van der Waals surface area contributed by atoms with E-state index in [4.69, 9.17) is 0 Å². The van der Waals surface area contributed by atoms with E-state index in [1.54, 1.807) is 0 Å². The van der Waals surface area contributed by atoms with Crippen molar-refractivity contribution in [2.45, 2.75) is 40.0 Å². The molecule has 1 radical (unpaired) electrons. The SMILES string of the molecule is [CH2]C/C=C(/C)CCC=C(C)C. The second-order valence-corrected chi connectivity index (χ2v) is 3.16. The first kappa shape index (κ1) is 10.5. The molecule has 0 saturated heterocycles. The van der Waals surface area contributed by atoms with Gasteiger partial charge >= 0.3 is 0 Å². The lowest BCUT2D eigenvalue weighted by molar-refractivity contribution is 0.958. The van der Waals surface area contributed by atoms with Crippen LogP contribution in [-0.2, 0) is 0 Å². The van der Waals surface area contributed by atoms with E-state index in [0.717, 1.165) is 6.42 Å². The molecule has 0 N–H and O–H groups in total. The molecule has 0 atom stereocenters. The molecule has 0 fully saturated rings. The smallest absolute Gasteiger partial charge is 0.0288 e. The first-order valence-corrected chi connectivity index (χ1v) is 4.25. The van der Waals surface area contributed by atoms with Crippen LogP contribution in [0.4, 0.5) is 0 Å². The van der Waals surface area contributed by atoms with E-state index in [1.807, 2.05) is 0 Å². The Hall–Kier alpha value is -0.520. The zero-order valence-electron chi connectivity index (χ0n) is 7.98. The molecule has 0 spiro atoms. The van der Waals surface area contributed by atoms with Gasteiger partial charge in [0.2, 0.25) is 0 Å². The second-order valence-electron chi connectivity index (χ2n) is 3.16. The van der Waals surface area contributed by atoms with Crippen LogP contribution in [0.25, 0.3) is 0 Å². The van der Waals surface area contributed by atoms with Crippen LogP contribution >= 0.6 is 0 Å². The highest BCUT2D eigenvalue weighted by Gasteiger charge is 1.86. The Morgan fingerprint density at radius 2 is 1.82 bits per heavy atom. The Balaban J connectivity index is 3.54. The van der Waals surface area contributed by atoms with Crippen LogP contribution in [0.2, 0.25) is 0 Å². The van der Waals surface area contributed by atoms with Gasteiger partial charge in [-0.05, 0) is 47.0 Å². The highest BCUT2D eigenvalue weighted by atomic mass is 13.9. The Kier molecular flexibility index (Phi) is 5.91. The van der Waals surface area contributed by atoms with Gasteiger partial charge in [-0.25, -0.2) is 0 Å². The first-order chi connectivity index (χ1) is 5.16. The first-order valence-electron chi connectivity index (χ1n) is 4.25. The van der Waals surface area contributed by atoms with Gasteiger partial charge in [-0.1, -0.05) is 23.3 Å². The second kappa shape index (κ2) is 6.21. The Morgan fingerprint density at radius 1 is 1.18 bits per heavy atom. The maximum atomic E-state index is 3.78. The Bertz CT molecular complexity index is 145. The molecule has 0 aliphatic rings. The highest BCUT2D eigenvalue weighted by molar-refractivity contribution is 5.02. The average Bonchev–Trinajstić information content (AvgIpc) is 1.87. The molecule has 0 bridgehead atoms. The van der Waals surface area contributed by atoms with Crippen LogP contribution in [-0.4, -0.2) is 0 Å². The van der Waals surface area contributed by atoms with Crippen molar-refractivity contribution in [2.24, 2.45) is 0 Å². The summed E-state index contributed by atoms with van der Waals surface area (Å²) in [5, 5.41) is 0. The molecule has 0 aliphatic carbocycles. The fourth-order valence-corrected chi connectivity index (χ4v) is 0.937. The third-order valence-electron chi connectivity index (χ3n) is 1.58. The molecule has 0 aromatic heterocycles. The summed E-state index contributed by atoms with van der Waals surface area (Å²) in [6, 6.07) is 0. The van der Waals surface area contributed by atoms with Gasteiger partial charge in [0.15, 0.2) is 0 Å². The van der Waals surface area contributed by atoms with E-state index in [1.165, 1.54) is 24.0 Å². The topological polar surface area (TPSA) is 0 Å². The number of hydrogen-bond donors (Lipinski definition) is 0. The van der Waals surface area contributed by atoms with Crippen molar-refractivity contribution in [3.8, 4) is 0 Å². The fourth-order valence-electron chi connectivity index (χ4n) is 0.937. The van der Waals surface area contributed by atoms with Gasteiger partial charge < -0.3 is 0 Å². The zero-order valence-corrected chi connectivity index (χ0v) is 7.98. The largest absolute Gasteiger partial charge is 0.0856 e. The molecule has 63 valence electrons. The molecule has 0 nitrogen and oxygen atoms in total. The lowest BCUT2D eigenvalue weighted by Gasteiger charge is -1.96. The molecule has 0 unspecified atom stereocenters. The molecule has 0 rings (SSSR count). The molecular formula is C11H19. The molecule has 0 heteroatoms. The summed E-state index contributed by atoms with van der Waals surface area (Å²) in [4.78, 5) is 0. The maximum absolute atomic E-state index is 3.78. The third kappa shape index (κ3) is 7.38. The molecule has 0 saturated carbocycles. The van der Waals surface area contributed by atoms with E-state index < -0.39 is 0 Å². The van der Waals surface area contributed by atoms with Crippen LogP contribution in [0.15, 0.2) is 23.3 Å². The summed E-state index contributed by atoms with van der Waals surface area (Å²) in [6.45, 7) is 10.2. The van der Waals surface area contributed by atoms with Gasteiger partial charge in [0.25, 0.3) is 0 Å². The molecule has 11 heavy (non-hydrogen) atoms. The summed E-state index contributed by atoms with van der Waals surface area (Å²) < 4.78 is 0. The van der Waals surface area contributed by atoms with E-state index in [-0.39, 0.29) is 0 Å². The standard InChI is InChI=1S/C11H19/c1-5-7-11(4)9-6-8-10(2)3/h7-8H,1,5-6,9H2,2-4H3/b11-7-. The summed E-state index contributed by atoms with van der Waals surface area (Å²) in [7, 11) is 0. The van der Waals surface area contributed by atoms with Gasteiger partial charge in [-0.15, -0.1) is 0 Å². The minimum absolute atomic E-state index is 0.917. The zero-order chi connectivity index (χ0) is 8.69. The number of hydrogen-bond acceptors (Lipinski definition) is 0. The lowest BCUT2D eigenvalue weighted by atomic mass is 10.1. The molecule has 0 amide bonds. The quantitative estimate of drug-likeness (QED) is 0.534. The van der Waals surface area contributed by atoms with Crippen molar-refractivity contribution < 1.29 is 0 Å². The third-order valence-corrected chi connectivity index (χ3v) is 1.58. The average molecular weight is 151 g/mol. The summed E-state index contributed by atoms with van der Waals surface area (Å²) in [5.74, 6) is 0. The van der Waals surface area contributed by atoms with Crippen LogP contribution in [0, 0.1) is 6.92 Å². The van der Waals surface area contributed by atoms with E-state index in [2.05, 4.69) is 39.8 Å². The minimum atomic E-state index is 0.917. The Morgan fingerprint density at radius 3 is 2.27 bits per heavy atom. The van der Waals surface area contributed by atoms with Gasteiger partial charge in [0.1, 0.15) is 0 Å². The van der Waals surface area contributed by atoms with Gasteiger partial charge in [-0.3, -0.25) is 0 Å². The van der Waals surface area contributed by atoms with E-state index in [9.17, 15) is 0 Å². The molecule has 0 heterocycles. The normalized spacial score (nSPS) is 11.5. The minimum Gasteiger partial charge on any atom is -0.0856 e. The van der Waals surface area contributed by atoms with Gasteiger partial charge in [0.05, 0.1) is 0 Å². The molecule has 0 aliphatic heterocycles. The predicted octanol–water partition coefficient (Wildman–Crippen LogP) is 3.90. The van der Waals surface area contributed by atoms with Gasteiger partial charge in [0, 0.05) is 0 Å².